The predicted octanol–water partition coefficient (Wildman–Crippen LogP) is 2.84. The van der Waals surface area contributed by atoms with Gasteiger partial charge in [-0.05, 0) is 29.7 Å². The molecule has 1 aliphatic rings. The highest BCUT2D eigenvalue weighted by atomic mass is 16.6. The van der Waals surface area contributed by atoms with E-state index in [1.54, 1.807) is 19.2 Å². The molecule has 1 heterocycles. The first-order chi connectivity index (χ1) is 11.6. The SMILES string of the molecule is COc1ccc(CN2CC[C@H](O)C2)cc1-c1cccc([N+](=O)[O-])c1. The molecule has 6 heteroatoms. The molecular weight excluding hydrogens is 308 g/mol. The standard InChI is InChI=1S/C18H20N2O4/c1-24-18-6-5-13(11-19-8-7-16(21)12-19)9-17(18)14-3-2-4-15(10-14)20(22)23/h2-6,9-10,16,21H,7-8,11-12H2,1H3/t16-/m0/s1. The second-order valence-electron chi connectivity index (χ2n) is 6.02. The number of aliphatic hydroxyl groups excluding tert-OH is 1. The fraction of sp³-hybridized carbons (Fsp3) is 0.333. The number of nitrogens with zero attached hydrogens (tertiary/aromatic N) is 2. The number of hydrogen-bond acceptors (Lipinski definition) is 5. The van der Waals surface area contributed by atoms with Crippen LogP contribution in [0.1, 0.15) is 12.0 Å². The Bertz CT molecular complexity index is 748. The third-order valence-electron chi connectivity index (χ3n) is 4.29. The van der Waals surface area contributed by atoms with E-state index in [0.29, 0.717) is 12.3 Å². The van der Waals surface area contributed by atoms with Gasteiger partial charge in [0.2, 0.25) is 0 Å². The number of methoxy groups -OCH3 is 1. The Morgan fingerprint density at radius 3 is 2.83 bits per heavy atom. The number of ether oxygens (including phenoxy) is 1. The number of non-ortho nitro benzene ring substituents is 1. The van der Waals surface area contributed by atoms with Crippen LogP contribution < -0.4 is 4.74 Å². The van der Waals surface area contributed by atoms with E-state index in [0.717, 1.165) is 36.2 Å². The molecule has 1 atom stereocenters. The Balaban J connectivity index is 1.92. The highest BCUT2D eigenvalue weighted by Crippen LogP contribution is 2.33. The van der Waals surface area contributed by atoms with Crippen molar-refractivity contribution in [2.75, 3.05) is 20.2 Å². The van der Waals surface area contributed by atoms with Crippen LogP contribution in [-0.2, 0) is 6.54 Å². The van der Waals surface area contributed by atoms with Gasteiger partial charge in [-0.3, -0.25) is 15.0 Å². The van der Waals surface area contributed by atoms with Gasteiger partial charge >= 0.3 is 0 Å². The molecule has 0 amide bonds. The average molecular weight is 328 g/mol. The minimum absolute atomic E-state index is 0.0580. The smallest absolute Gasteiger partial charge is 0.270 e. The molecule has 126 valence electrons. The van der Waals surface area contributed by atoms with Crippen LogP contribution in [0.15, 0.2) is 42.5 Å². The average Bonchev–Trinajstić information content (AvgIpc) is 2.99. The summed E-state index contributed by atoms with van der Waals surface area (Å²) in [6.07, 6.45) is 0.549. The van der Waals surface area contributed by atoms with Gasteiger partial charge in [-0.25, -0.2) is 0 Å². The van der Waals surface area contributed by atoms with Crippen molar-refractivity contribution >= 4 is 5.69 Å². The maximum Gasteiger partial charge on any atom is 0.270 e. The van der Waals surface area contributed by atoms with Crippen molar-refractivity contribution in [1.82, 2.24) is 4.90 Å². The fourth-order valence-electron chi connectivity index (χ4n) is 3.08. The molecule has 0 aliphatic carbocycles. The van der Waals surface area contributed by atoms with Crippen LogP contribution in [0.2, 0.25) is 0 Å². The first-order valence-corrected chi connectivity index (χ1v) is 7.89. The Hall–Kier alpha value is -2.44. The molecule has 0 aromatic heterocycles. The second kappa shape index (κ2) is 6.98. The zero-order chi connectivity index (χ0) is 17.1. The summed E-state index contributed by atoms with van der Waals surface area (Å²) in [5.41, 5.74) is 2.73. The van der Waals surface area contributed by atoms with Crippen LogP contribution in [0, 0.1) is 10.1 Å². The second-order valence-corrected chi connectivity index (χ2v) is 6.02. The van der Waals surface area contributed by atoms with E-state index in [-0.39, 0.29) is 11.8 Å². The highest BCUT2D eigenvalue weighted by Gasteiger charge is 2.20. The number of hydrogen-bond donors (Lipinski definition) is 1. The van der Waals surface area contributed by atoms with Gasteiger partial charge in [-0.1, -0.05) is 18.2 Å². The van der Waals surface area contributed by atoms with Gasteiger partial charge in [0.25, 0.3) is 5.69 Å². The summed E-state index contributed by atoms with van der Waals surface area (Å²) >= 11 is 0. The van der Waals surface area contributed by atoms with Crippen molar-refractivity contribution in [3.05, 3.63) is 58.1 Å². The van der Waals surface area contributed by atoms with Gasteiger partial charge in [-0.15, -0.1) is 0 Å². The molecule has 3 rings (SSSR count). The fourth-order valence-corrected chi connectivity index (χ4v) is 3.08. The van der Waals surface area contributed by atoms with Crippen LogP contribution in [0.3, 0.4) is 0 Å². The topological polar surface area (TPSA) is 75.8 Å². The van der Waals surface area contributed by atoms with Crippen molar-refractivity contribution in [2.24, 2.45) is 0 Å². The van der Waals surface area contributed by atoms with Gasteiger partial charge in [0, 0.05) is 37.3 Å². The lowest BCUT2D eigenvalue weighted by Gasteiger charge is -2.17. The van der Waals surface area contributed by atoms with E-state index in [4.69, 9.17) is 4.74 Å². The van der Waals surface area contributed by atoms with Gasteiger partial charge in [0.1, 0.15) is 5.75 Å². The Kier molecular flexibility index (Phi) is 4.78. The molecule has 0 spiro atoms. The van der Waals surface area contributed by atoms with E-state index >= 15 is 0 Å². The lowest BCUT2D eigenvalue weighted by Crippen LogP contribution is -2.21. The molecule has 1 N–H and O–H groups in total. The molecule has 1 aliphatic heterocycles. The van der Waals surface area contributed by atoms with Crippen LogP contribution in [0.5, 0.6) is 5.75 Å². The van der Waals surface area contributed by atoms with Crippen molar-refractivity contribution in [2.45, 2.75) is 19.1 Å². The maximum atomic E-state index is 11.0. The molecule has 6 nitrogen and oxygen atoms in total. The summed E-state index contributed by atoms with van der Waals surface area (Å²) < 4.78 is 5.42. The van der Waals surface area contributed by atoms with E-state index in [1.807, 2.05) is 24.3 Å². The lowest BCUT2D eigenvalue weighted by molar-refractivity contribution is -0.384. The Morgan fingerprint density at radius 2 is 2.17 bits per heavy atom. The van der Waals surface area contributed by atoms with Gasteiger partial charge in [-0.2, -0.15) is 0 Å². The molecule has 0 unspecified atom stereocenters. The van der Waals surface area contributed by atoms with E-state index in [1.165, 1.54) is 6.07 Å². The molecule has 0 bridgehead atoms. The van der Waals surface area contributed by atoms with Crippen LogP contribution in [-0.4, -0.2) is 41.2 Å². The largest absolute Gasteiger partial charge is 0.496 e. The zero-order valence-corrected chi connectivity index (χ0v) is 13.5. The number of benzene rings is 2. The number of rotatable bonds is 5. The predicted molar refractivity (Wildman–Crippen MR) is 91.0 cm³/mol. The lowest BCUT2D eigenvalue weighted by atomic mass is 10.0. The van der Waals surface area contributed by atoms with Gasteiger partial charge in [0.05, 0.1) is 18.1 Å². The highest BCUT2D eigenvalue weighted by molar-refractivity contribution is 5.73. The zero-order valence-electron chi connectivity index (χ0n) is 13.5. The van der Waals surface area contributed by atoms with Crippen LogP contribution >= 0.6 is 0 Å². The molecule has 24 heavy (non-hydrogen) atoms. The monoisotopic (exact) mass is 328 g/mol. The van der Waals surface area contributed by atoms with E-state index < -0.39 is 4.92 Å². The van der Waals surface area contributed by atoms with Gasteiger partial charge in [0.15, 0.2) is 0 Å². The molecular formula is C18H20N2O4. The quantitative estimate of drug-likeness (QED) is 0.675. The summed E-state index contributed by atoms with van der Waals surface area (Å²) in [4.78, 5) is 12.8. The number of β-amino-alcohol motifs (C(OH)–C–C–N with tert-alkyl or cyclic N) is 1. The minimum atomic E-state index is -0.397. The number of nitro groups is 1. The summed E-state index contributed by atoms with van der Waals surface area (Å²) in [5, 5.41) is 20.7. The molecule has 2 aromatic carbocycles. The van der Waals surface area contributed by atoms with Crippen molar-refractivity contribution in [1.29, 1.82) is 0 Å². The third kappa shape index (κ3) is 3.55. The van der Waals surface area contributed by atoms with Crippen molar-refractivity contribution < 1.29 is 14.8 Å². The van der Waals surface area contributed by atoms with E-state index in [9.17, 15) is 15.2 Å². The Labute approximate surface area is 140 Å². The van der Waals surface area contributed by atoms with Crippen molar-refractivity contribution in [3.8, 4) is 16.9 Å². The first kappa shape index (κ1) is 16.4. The van der Waals surface area contributed by atoms with Crippen LogP contribution in [0.4, 0.5) is 5.69 Å². The van der Waals surface area contributed by atoms with Crippen LogP contribution in [0.25, 0.3) is 11.1 Å². The summed E-state index contributed by atoms with van der Waals surface area (Å²) in [7, 11) is 1.59. The third-order valence-corrected chi connectivity index (χ3v) is 4.29. The minimum Gasteiger partial charge on any atom is -0.496 e. The molecule has 1 saturated heterocycles. The molecule has 0 saturated carbocycles. The number of likely N-dealkylation sites (tertiary alicyclic amines) is 1. The molecule has 0 radical (unpaired) electrons. The first-order valence-electron chi connectivity index (χ1n) is 7.89. The van der Waals surface area contributed by atoms with Gasteiger partial charge < -0.3 is 9.84 Å². The summed E-state index contributed by atoms with van der Waals surface area (Å²) in [5.74, 6) is 0.681. The van der Waals surface area contributed by atoms with Crippen molar-refractivity contribution in [3.63, 3.8) is 0 Å². The Morgan fingerprint density at radius 1 is 1.33 bits per heavy atom. The van der Waals surface area contributed by atoms with E-state index in [2.05, 4.69) is 4.90 Å². The molecule has 2 aromatic rings. The summed E-state index contributed by atoms with van der Waals surface area (Å²) in [6, 6.07) is 12.4. The maximum absolute atomic E-state index is 11.0. The molecule has 1 fully saturated rings. The number of nitro benzene ring substituents is 1. The number of aliphatic hydroxyl groups is 1. The normalized spacial score (nSPS) is 17.8. The summed E-state index contributed by atoms with van der Waals surface area (Å²) in [6.45, 7) is 2.29.